The molecule has 0 radical (unpaired) electrons. The summed E-state index contributed by atoms with van der Waals surface area (Å²) in [6.45, 7) is 27.0. The monoisotopic (exact) mass is 1950 g/mol. The van der Waals surface area contributed by atoms with Crippen LogP contribution in [0.25, 0.3) is 32.3 Å². The standard InChI is InChI=1S/C36H48N6O8S2.C33H44N6O6S2.C23H32N6O5S.H2/c1-7-49-35(44)42-19-17-41(18-20-42)33(43)30(39-51(45,46)28-15-14-26-11-8-9-12-27(26)21-28)13-10-16-38-34(37)40-52(47,48)32-24(3)23(2)31-29(25(32)4)22-36(5,6)50-31;1-21-22(2)30(23(3)27-20-33(4,5)45-29(21)27)47(43,44)38-32(34)36-14-8-11-28(31(40)39-17-15-35-16-18-39)37-46(41,42)26-13-12-24-9-6-7-10-25(24)19-26;1-2-34-23(31)29-14-12-28(13-15-29)21(30)20(8-5-11-26-22(24)25)27-35(32,33)19-10-9-17-6-3-4-7-18(17)16-19;/h8-9,11-12,14-15,21,30,39H,7,10,13,16-20,22H2,1-6H3,(H3,37,38,40);6-7,9-10,12-13,19,28,35,37H,8,11,14-18,20H2,1-5H3,(H3,34,36,38);3-4,6-7,9-10,16,20,27H,2,5,8,11-15H2,1H3,(H4,24,25,26);1H/t30-;28-;20-;/m000./s1/i;;;1+1. The number of sulfonamides is 5. The summed E-state index contributed by atoms with van der Waals surface area (Å²) in [6.07, 6.45) is 1.51. The first kappa shape index (κ1) is 103. The van der Waals surface area contributed by atoms with E-state index in [1.807, 2.05) is 108 Å². The van der Waals surface area contributed by atoms with Gasteiger partial charge in [0.2, 0.25) is 59.7 Å². The average molecular weight is 1950 g/mol. The van der Waals surface area contributed by atoms with E-state index in [2.05, 4.69) is 43.9 Å². The Morgan fingerprint density at radius 3 is 1.00 bits per heavy atom. The summed E-state index contributed by atoms with van der Waals surface area (Å²) in [5.41, 5.74) is 27.5. The molecule has 3 saturated heterocycles. The molecule has 0 unspecified atom stereocenters. The van der Waals surface area contributed by atoms with Crippen molar-refractivity contribution >= 4 is 130 Å². The number of aliphatic imine (C=N–C) groups is 3. The van der Waals surface area contributed by atoms with Crippen LogP contribution >= 0.6 is 0 Å². The van der Waals surface area contributed by atoms with Gasteiger partial charge in [-0.3, -0.25) is 29.4 Å². The first-order chi connectivity index (χ1) is 63.2. The number of carbonyl (C=O) groups excluding carboxylic acids is 5. The maximum absolute atomic E-state index is 13.8. The minimum absolute atomic E-state index is 0. The molecule has 0 spiro atoms. The lowest BCUT2D eigenvalue weighted by molar-refractivity contribution is -0.135. The molecule has 3 fully saturated rings. The Morgan fingerprint density at radius 1 is 0.403 bits per heavy atom. The molecule has 0 saturated carbocycles. The van der Waals surface area contributed by atoms with Gasteiger partial charge in [0.25, 0.3) is 20.0 Å². The van der Waals surface area contributed by atoms with E-state index in [0.717, 1.165) is 60.3 Å². The molecule has 728 valence electrons. The van der Waals surface area contributed by atoms with Crippen LogP contribution in [0.15, 0.2) is 167 Å². The number of nitrogens with one attached hydrogen (secondary N) is 6. The minimum atomic E-state index is -4.14. The summed E-state index contributed by atoms with van der Waals surface area (Å²) >= 11 is 0. The molecule has 0 aromatic heterocycles. The van der Waals surface area contributed by atoms with Gasteiger partial charge in [0, 0.05) is 124 Å². The molecule has 42 heteroatoms. The number of rotatable bonds is 30. The quantitative estimate of drug-likeness (QED) is 0.0121. The predicted molar refractivity (Wildman–Crippen MR) is 516 cm³/mol. The molecule has 14 N–H and O–H groups in total. The lowest BCUT2D eigenvalue weighted by atomic mass is 9.94. The van der Waals surface area contributed by atoms with Crippen LogP contribution in [0.2, 0.25) is 0 Å². The van der Waals surface area contributed by atoms with Crippen molar-refractivity contribution in [3.63, 3.8) is 0 Å². The lowest BCUT2D eigenvalue weighted by Gasteiger charge is -2.36. The minimum Gasteiger partial charge on any atom is -0.487 e. The summed E-state index contributed by atoms with van der Waals surface area (Å²) in [4.78, 5) is 85.3. The topological polar surface area (TPSA) is 523 Å². The number of hydrogen-bond acceptors (Lipinski definition) is 23. The number of ether oxygens (including phenoxy) is 4. The van der Waals surface area contributed by atoms with Crippen molar-refractivity contribution in [2.75, 3.05) is 111 Å². The SMILES string of the molecule is CCOC(=O)N1CCN(C(=O)[C@H](CCCN=C(N)N)NS(=O)(=O)c2ccc3ccccc3c2)CC1.CCOC(=O)N1CCN(C(=O)[C@H](CCCN=C(N)NS(=O)(=O)c2c(C)c(C)c3c(c2C)CC(C)(C)O3)NS(=O)(=O)c2ccc3ccccc3c2)CC1.Cc1c(C)c(S(=O)(=O)NC(N)=NCCC[C@H](NS(=O)(=O)c2ccc3ccccc3c2)C(=O)N2CCNCC2)c(C)c2c1OC(C)(C)C2.[2HH]. The van der Waals surface area contributed by atoms with Crippen LogP contribution in [-0.2, 0) is 86.8 Å². The number of carbonyl (C=O) groups is 5. The predicted octanol–water partition coefficient (Wildman–Crippen LogP) is 7.22. The Kier molecular flexibility index (Phi) is 33.7. The maximum atomic E-state index is 13.8. The fourth-order valence-electron chi connectivity index (χ4n) is 16.9. The normalized spacial score (nSPS) is 16.5. The fraction of sp³-hybridized carbons (Fsp3) is 0.457. The van der Waals surface area contributed by atoms with E-state index in [9.17, 15) is 66.1 Å². The molecular weight excluding hydrogens is 1820 g/mol. The number of hydrogen-bond donors (Lipinski definition) is 10. The number of guanidine groups is 3. The van der Waals surface area contributed by atoms with Crippen LogP contribution in [0.4, 0.5) is 9.59 Å². The third kappa shape index (κ3) is 25.7. The van der Waals surface area contributed by atoms with Gasteiger partial charge >= 0.3 is 12.2 Å². The number of amides is 5. The Morgan fingerprint density at radius 2 is 0.694 bits per heavy atom. The Hall–Kier alpha value is -11.5. The van der Waals surface area contributed by atoms with Crippen LogP contribution < -0.4 is 61.3 Å². The van der Waals surface area contributed by atoms with E-state index in [-0.39, 0.29) is 160 Å². The second-order valence-corrected chi connectivity index (χ2v) is 43.1. The van der Waals surface area contributed by atoms with E-state index in [0.29, 0.717) is 86.5 Å². The zero-order valence-electron chi connectivity index (χ0n) is 77.7. The van der Waals surface area contributed by atoms with Crippen LogP contribution in [-0.4, -0.2) is 255 Å². The van der Waals surface area contributed by atoms with E-state index >= 15 is 0 Å². The van der Waals surface area contributed by atoms with E-state index in [4.69, 9.17) is 41.9 Å². The van der Waals surface area contributed by atoms with Crippen molar-refractivity contribution in [3.8, 4) is 11.5 Å². The largest absolute Gasteiger partial charge is 0.487 e. The zero-order chi connectivity index (χ0) is 97.6. The third-order valence-corrected chi connectivity index (χ3v) is 31.6. The lowest BCUT2D eigenvalue weighted by Crippen LogP contribution is -2.55. The fourth-order valence-corrected chi connectivity index (χ4v) is 23.7. The van der Waals surface area contributed by atoms with Crippen molar-refractivity contribution in [2.24, 2.45) is 37.9 Å². The first-order valence-electron chi connectivity index (χ1n) is 44.5. The van der Waals surface area contributed by atoms with E-state index < -0.39 is 97.5 Å². The molecule has 3 atom stereocenters. The Labute approximate surface area is 786 Å². The molecular formula is C92H126N18O19S5. The van der Waals surface area contributed by atoms with Crippen molar-refractivity contribution in [2.45, 2.75) is 188 Å². The molecule has 5 aliphatic heterocycles. The van der Waals surface area contributed by atoms with Gasteiger partial charge in [0.15, 0.2) is 5.96 Å². The second-order valence-electron chi connectivity index (χ2n) is 34.7. The molecule has 134 heavy (non-hydrogen) atoms. The van der Waals surface area contributed by atoms with Gasteiger partial charge in [0.05, 0.1) is 37.7 Å². The molecule has 5 amide bonds. The van der Waals surface area contributed by atoms with Crippen molar-refractivity contribution in [1.29, 1.82) is 0 Å². The molecule has 37 nitrogen and oxygen atoms in total. The number of nitrogens with two attached hydrogens (primary N) is 4. The van der Waals surface area contributed by atoms with E-state index in [1.165, 1.54) is 32.9 Å². The zero-order valence-corrected chi connectivity index (χ0v) is 81.8. The van der Waals surface area contributed by atoms with Crippen molar-refractivity contribution in [1.82, 2.24) is 53.4 Å². The van der Waals surface area contributed by atoms with Gasteiger partial charge < -0.3 is 71.7 Å². The van der Waals surface area contributed by atoms with Crippen molar-refractivity contribution in [3.05, 3.63) is 172 Å². The van der Waals surface area contributed by atoms with Gasteiger partial charge in [0.1, 0.15) is 40.8 Å². The Balaban J connectivity index is 0.000000213. The highest BCUT2D eigenvalue weighted by Gasteiger charge is 2.41. The summed E-state index contributed by atoms with van der Waals surface area (Å²) < 4.78 is 170. The average Bonchev–Trinajstić information content (AvgIpc) is 1.69. The van der Waals surface area contributed by atoms with Crippen molar-refractivity contribution < 1.29 is 86.4 Å². The molecule has 8 aromatic rings. The molecule has 5 aliphatic rings. The molecule has 8 aromatic carbocycles. The van der Waals surface area contributed by atoms with E-state index in [1.54, 1.807) is 93.8 Å². The second kappa shape index (κ2) is 43.9. The van der Waals surface area contributed by atoms with Crippen LogP contribution in [0.3, 0.4) is 0 Å². The van der Waals surface area contributed by atoms with Crippen LogP contribution in [0.5, 0.6) is 11.5 Å². The summed E-state index contributed by atoms with van der Waals surface area (Å²) in [7, 11) is -20.4. The highest BCUT2D eigenvalue weighted by Crippen LogP contribution is 2.46. The summed E-state index contributed by atoms with van der Waals surface area (Å²) in [5.74, 6) is -0.381. The van der Waals surface area contributed by atoms with Crippen LogP contribution in [0.1, 0.15) is 126 Å². The Bertz CT molecular complexity index is 6420. The molecule has 13 rings (SSSR count). The highest BCUT2D eigenvalue weighted by molar-refractivity contribution is 7.91. The number of fused-ring (bicyclic) bond motifs is 5. The first-order valence-corrected chi connectivity index (χ1v) is 51.9. The molecule has 5 heterocycles. The summed E-state index contributed by atoms with van der Waals surface area (Å²) in [5, 5.41) is 8.16. The molecule has 0 aliphatic carbocycles. The summed E-state index contributed by atoms with van der Waals surface area (Å²) in [6, 6.07) is 33.4. The molecule has 0 bridgehead atoms. The third-order valence-electron chi connectivity index (χ3n) is 24.0. The number of benzene rings is 8. The number of piperazine rings is 3. The smallest absolute Gasteiger partial charge is 0.409 e. The van der Waals surface area contributed by atoms with Crippen LogP contribution in [0, 0.1) is 41.5 Å². The van der Waals surface area contributed by atoms with Gasteiger partial charge in [-0.1, -0.05) is 91.0 Å². The number of nitrogens with zero attached hydrogens (tertiary/aromatic N) is 8. The van der Waals surface area contributed by atoms with Gasteiger partial charge in [-0.15, -0.1) is 0 Å². The van der Waals surface area contributed by atoms with Gasteiger partial charge in [-0.2, -0.15) is 14.2 Å². The maximum Gasteiger partial charge on any atom is 0.409 e. The van der Waals surface area contributed by atoms with Gasteiger partial charge in [-0.05, 0) is 224 Å². The van der Waals surface area contributed by atoms with Gasteiger partial charge in [-0.25, -0.2) is 61.1 Å². The highest BCUT2D eigenvalue weighted by atomic mass is 32.2.